The Hall–Kier alpha value is -3.13. The Bertz CT molecular complexity index is 835. The molecule has 2 aromatic carbocycles. The summed E-state index contributed by atoms with van der Waals surface area (Å²) >= 11 is 0. The number of nitrogens with zero attached hydrogens (tertiary/aromatic N) is 1. The molecule has 0 saturated carbocycles. The maximum Gasteiger partial charge on any atom is 0.337 e. The SMILES string of the molecule is COC(=O)c1ccc2c(c1)-c1cc(COC=O)ccc1C2C#N. The van der Waals surface area contributed by atoms with Crippen LogP contribution in [0, 0.1) is 11.3 Å². The summed E-state index contributed by atoms with van der Waals surface area (Å²) in [6.45, 7) is 0.564. The van der Waals surface area contributed by atoms with Gasteiger partial charge in [0, 0.05) is 0 Å². The summed E-state index contributed by atoms with van der Waals surface area (Å²) in [5.74, 6) is -0.789. The van der Waals surface area contributed by atoms with E-state index in [0.717, 1.165) is 27.8 Å². The van der Waals surface area contributed by atoms with E-state index in [0.29, 0.717) is 12.0 Å². The highest BCUT2D eigenvalue weighted by molar-refractivity contribution is 5.93. The summed E-state index contributed by atoms with van der Waals surface area (Å²) < 4.78 is 9.53. The Kier molecular flexibility index (Phi) is 3.82. The van der Waals surface area contributed by atoms with Crippen molar-refractivity contribution in [1.82, 2.24) is 0 Å². The largest absolute Gasteiger partial charge is 0.465 e. The van der Waals surface area contributed by atoms with E-state index in [2.05, 4.69) is 6.07 Å². The van der Waals surface area contributed by atoms with Crippen molar-refractivity contribution in [2.45, 2.75) is 12.5 Å². The lowest BCUT2D eigenvalue weighted by Gasteiger charge is -2.06. The fourth-order valence-electron chi connectivity index (χ4n) is 2.90. The highest BCUT2D eigenvalue weighted by Crippen LogP contribution is 2.45. The van der Waals surface area contributed by atoms with Gasteiger partial charge in [-0.3, -0.25) is 4.79 Å². The topological polar surface area (TPSA) is 76.4 Å². The molecule has 0 saturated heterocycles. The summed E-state index contributed by atoms with van der Waals surface area (Å²) in [6.07, 6.45) is 0. The van der Waals surface area contributed by atoms with Gasteiger partial charge in [-0.1, -0.05) is 18.2 Å². The normalized spacial score (nSPS) is 14.3. The standard InChI is InChI=1S/C18H13NO4/c1-22-18(21)12-3-5-14-16(7-12)15-6-11(9-23-10-20)2-4-13(15)17(14)8-19/h2-7,10,17H,9H2,1H3. The fourth-order valence-corrected chi connectivity index (χ4v) is 2.90. The molecule has 0 amide bonds. The van der Waals surface area contributed by atoms with Gasteiger partial charge in [0.1, 0.15) is 6.61 Å². The van der Waals surface area contributed by atoms with Crippen molar-refractivity contribution in [3.8, 4) is 17.2 Å². The van der Waals surface area contributed by atoms with Gasteiger partial charge < -0.3 is 9.47 Å². The third-order valence-electron chi connectivity index (χ3n) is 3.95. The van der Waals surface area contributed by atoms with E-state index in [4.69, 9.17) is 9.47 Å². The number of methoxy groups -OCH3 is 1. The monoisotopic (exact) mass is 307 g/mol. The highest BCUT2D eigenvalue weighted by atomic mass is 16.5. The van der Waals surface area contributed by atoms with E-state index in [1.165, 1.54) is 7.11 Å². The van der Waals surface area contributed by atoms with Crippen LogP contribution in [0.4, 0.5) is 0 Å². The van der Waals surface area contributed by atoms with Crippen molar-refractivity contribution in [2.24, 2.45) is 0 Å². The predicted molar refractivity (Wildman–Crippen MR) is 81.5 cm³/mol. The molecule has 0 bridgehead atoms. The molecule has 5 heteroatoms. The molecule has 0 heterocycles. The van der Waals surface area contributed by atoms with Crippen molar-refractivity contribution < 1.29 is 19.1 Å². The summed E-state index contributed by atoms with van der Waals surface area (Å²) in [4.78, 5) is 22.1. The van der Waals surface area contributed by atoms with Gasteiger partial charge >= 0.3 is 5.97 Å². The zero-order valence-corrected chi connectivity index (χ0v) is 12.4. The van der Waals surface area contributed by atoms with Gasteiger partial charge in [-0.2, -0.15) is 5.26 Å². The molecule has 0 N–H and O–H groups in total. The molecule has 23 heavy (non-hydrogen) atoms. The zero-order chi connectivity index (χ0) is 16.4. The molecule has 1 atom stereocenters. The van der Waals surface area contributed by atoms with E-state index < -0.39 is 5.97 Å². The number of nitriles is 1. The van der Waals surface area contributed by atoms with Crippen LogP contribution in [-0.2, 0) is 20.9 Å². The van der Waals surface area contributed by atoms with Gasteiger partial charge in [0.2, 0.25) is 0 Å². The van der Waals surface area contributed by atoms with Crippen molar-refractivity contribution in [1.29, 1.82) is 5.26 Å². The lowest BCUT2D eigenvalue weighted by atomic mass is 9.98. The molecule has 0 aliphatic heterocycles. The van der Waals surface area contributed by atoms with Gasteiger partial charge in [-0.25, -0.2) is 4.79 Å². The van der Waals surface area contributed by atoms with Crippen molar-refractivity contribution >= 4 is 12.4 Å². The molecule has 1 unspecified atom stereocenters. The number of fused-ring (bicyclic) bond motifs is 3. The number of carbonyl (C=O) groups excluding carboxylic acids is 2. The molecule has 0 radical (unpaired) electrons. The van der Waals surface area contributed by atoms with Gasteiger partial charge in [0.05, 0.1) is 24.7 Å². The molecule has 1 aliphatic carbocycles. The molecular formula is C18H13NO4. The Morgan fingerprint density at radius 1 is 1.22 bits per heavy atom. The summed E-state index contributed by atoms with van der Waals surface area (Å²) in [6, 6.07) is 13.1. The van der Waals surface area contributed by atoms with Crippen LogP contribution < -0.4 is 0 Å². The Labute approximate surface area is 133 Å². The number of hydrogen-bond donors (Lipinski definition) is 0. The Balaban J connectivity index is 2.13. The van der Waals surface area contributed by atoms with Gasteiger partial charge in [0.15, 0.2) is 0 Å². The van der Waals surface area contributed by atoms with Crippen LogP contribution in [0.15, 0.2) is 36.4 Å². The van der Waals surface area contributed by atoms with E-state index in [1.807, 2.05) is 18.2 Å². The quantitative estimate of drug-likeness (QED) is 0.641. The minimum absolute atomic E-state index is 0.167. The van der Waals surface area contributed by atoms with Gasteiger partial charge in [-0.15, -0.1) is 0 Å². The number of esters is 1. The second-order valence-corrected chi connectivity index (χ2v) is 5.18. The van der Waals surface area contributed by atoms with Crippen LogP contribution in [0.25, 0.3) is 11.1 Å². The van der Waals surface area contributed by atoms with Crippen LogP contribution in [0.5, 0.6) is 0 Å². The first kappa shape index (κ1) is 14.8. The Morgan fingerprint density at radius 3 is 2.57 bits per heavy atom. The molecule has 0 fully saturated rings. The number of rotatable bonds is 4. The molecule has 0 aromatic heterocycles. The molecule has 3 rings (SSSR count). The number of carbonyl (C=O) groups is 2. The van der Waals surface area contributed by atoms with Crippen LogP contribution in [-0.4, -0.2) is 19.6 Å². The number of benzene rings is 2. The number of hydrogen-bond acceptors (Lipinski definition) is 5. The zero-order valence-electron chi connectivity index (χ0n) is 12.4. The van der Waals surface area contributed by atoms with E-state index in [-0.39, 0.29) is 12.5 Å². The molecule has 1 aliphatic rings. The highest BCUT2D eigenvalue weighted by Gasteiger charge is 2.29. The average molecular weight is 307 g/mol. The molecule has 2 aromatic rings. The predicted octanol–water partition coefficient (Wildman–Crippen LogP) is 2.78. The maximum absolute atomic E-state index is 11.7. The average Bonchev–Trinajstić information content (AvgIpc) is 2.91. The second kappa shape index (κ2) is 5.93. The van der Waals surface area contributed by atoms with Crippen molar-refractivity contribution in [2.75, 3.05) is 7.11 Å². The molecule has 114 valence electrons. The first-order valence-corrected chi connectivity index (χ1v) is 7.00. The summed E-state index contributed by atoms with van der Waals surface area (Å²) in [5, 5.41) is 9.48. The van der Waals surface area contributed by atoms with E-state index in [9.17, 15) is 14.9 Å². The summed E-state index contributed by atoms with van der Waals surface area (Å²) in [5.41, 5.74) is 4.73. The van der Waals surface area contributed by atoms with Crippen LogP contribution >= 0.6 is 0 Å². The van der Waals surface area contributed by atoms with Crippen LogP contribution in [0.3, 0.4) is 0 Å². The fraction of sp³-hybridized carbons (Fsp3) is 0.167. The van der Waals surface area contributed by atoms with Gasteiger partial charge in [0.25, 0.3) is 6.47 Å². The molecule has 5 nitrogen and oxygen atoms in total. The second-order valence-electron chi connectivity index (χ2n) is 5.18. The van der Waals surface area contributed by atoms with Gasteiger partial charge in [-0.05, 0) is 46.0 Å². The van der Waals surface area contributed by atoms with Crippen LogP contribution in [0.1, 0.15) is 33.0 Å². The lowest BCUT2D eigenvalue weighted by molar-refractivity contribution is -0.129. The lowest BCUT2D eigenvalue weighted by Crippen LogP contribution is -2.01. The maximum atomic E-state index is 11.7. The minimum Gasteiger partial charge on any atom is -0.465 e. The smallest absolute Gasteiger partial charge is 0.337 e. The first-order chi connectivity index (χ1) is 11.2. The van der Waals surface area contributed by atoms with Crippen molar-refractivity contribution in [3.05, 3.63) is 58.7 Å². The Morgan fingerprint density at radius 2 is 1.91 bits per heavy atom. The minimum atomic E-state index is -0.421. The van der Waals surface area contributed by atoms with Crippen molar-refractivity contribution in [3.63, 3.8) is 0 Å². The number of ether oxygens (including phenoxy) is 2. The molecule has 0 spiro atoms. The van der Waals surface area contributed by atoms with E-state index >= 15 is 0 Å². The van der Waals surface area contributed by atoms with Crippen LogP contribution in [0.2, 0.25) is 0 Å². The summed E-state index contributed by atoms with van der Waals surface area (Å²) in [7, 11) is 1.33. The van der Waals surface area contributed by atoms with E-state index in [1.54, 1.807) is 18.2 Å². The third kappa shape index (κ3) is 2.44. The first-order valence-electron chi connectivity index (χ1n) is 7.00. The third-order valence-corrected chi connectivity index (χ3v) is 3.95. The molecular weight excluding hydrogens is 294 g/mol.